The summed E-state index contributed by atoms with van der Waals surface area (Å²) in [5.41, 5.74) is 0.0150. The van der Waals surface area contributed by atoms with Gasteiger partial charge in [0.25, 0.3) is 11.6 Å². The second-order valence-electron chi connectivity index (χ2n) is 4.03. The van der Waals surface area contributed by atoms with Gasteiger partial charge in [-0.1, -0.05) is 18.5 Å². The lowest BCUT2D eigenvalue weighted by atomic mass is 10.1. The molecule has 0 aliphatic rings. The fourth-order valence-electron chi connectivity index (χ4n) is 1.45. The molecule has 0 aliphatic carbocycles. The minimum absolute atomic E-state index is 0.0303. The van der Waals surface area contributed by atoms with E-state index in [1.54, 1.807) is 0 Å². The molecule has 104 valence electrons. The second kappa shape index (κ2) is 7.06. The molecule has 1 rings (SSSR count). The fourth-order valence-corrected chi connectivity index (χ4v) is 1.71. The molecule has 0 saturated heterocycles. The van der Waals surface area contributed by atoms with E-state index in [0.717, 1.165) is 6.07 Å². The Hall–Kier alpha value is -1.66. The zero-order valence-electron chi connectivity index (χ0n) is 10.4. The number of nitro benzene ring substituents is 1. The normalized spacial score (nSPS) is 11.9. The molecular formula is C12H15ClN2O4. The second-order valence-corrected chi connectivity index (χ2v) is 4.44. The van der Waals surface area contributed by atoms with Crippen molar-refractivity contribution in [3.05, 3.63) is 38.9 Å². The molecule has 0 fully saturated rings. The van der Waals surface area contributed by atoms with Crippen molar-refractivity contribution < 1.29 is 14.8 Å². The van der Waals surface area contributed by atoms with E-state index in [1.807, 2.05) is 6.92 Å². The quantitative estimate of drug-likeness (QED) is 0.619. The molecule has 1 aromatic rings. The topological polar surface area (TPSA) is 92.5 Å². The minimum atomic E-state index is -0.578. The average molecular weight is 287 g/mol. The lowest BCUT2D eigenvalue weighted by Crippen LogP contribution is -2.27. The molecule has 1 unspecified atom stereocenters. The molecule has 1 atom stereocenters. The lowest BCUT2D eigenvalue weighted by Gasteiger charge is -2.09. The van der Waals surface area contributed by atoms with Gasteiger partial charge in [-0.2, -0.15) is 0 Å². The van der Waals surface area contributed by atoms with E-state index in [1.165, 1.54) is 12.1 Å². The van der Waals surface area contributed by atoms with Crippen LogP contribution in [0.3, 0.4) is 0 Å². The molecule has 0 aliphatic heterocycles. The monoisotopic (exact) mass is 286 g/mol. The molecule has 7 heteroatoms. The number of aliphatic hydroxyl groups excluding tert-OH is 1. The number of nitrogens with zero attached hydrogens (tertiary/aromatic N) is 1. The summed E-state index contributed by atoms with van der Waals surface area (Å²) in [5, 5.41) is 22.5. The smallest absolute Gasteiger partial charge is 0.270 e. The van der Waals surface area contributed by atoms with Gasteiger partial charge in [0.15, 0.2) is 0 Å². The summed E-state index contributed by atoms with van der Waals surface area (Å²) in [7, 11) is 0. The standard InChI is InChI=1S/C12H15ClN2O4/c1-2-9(16)5-6-14-12(17)10-4-3-8(15(18)19)7-11(10)13/h3-4,7,9,16H,2,5-6H2,1H3,(H,14,17). The summed E-state index contributed by atoms with van der Waals surface area (Å²) in [4.78, 5) is 21.7. The van der Waals surface area contributed by atoms with E-state index >= 15 is 0 Å². The Bertz CT molecular complexity index is 479. The summed E-state index contributed by atoms with van der Waals surface area (Å²) in [6.45, 7) is 2.17. The van der Waals surface area contributed by atoms with Crippen LogP contribution in [-0.2, 0) is 0 Å². The molecule has 2 N–H and O–H groups in total. The van der Waals surface area contributed by atoms with Gasteiger partial charge in [0.05, 0.1) is 21.6 Å². The molecule has 19 heavy (non-hydrogen) atoms. The minimum Gasteiger partial charge on any atom is -0.393 e. The molecule has 0 bridgehead atoms. The van der Waals surface area contributed by atoms with Gasteiger partial charge in [-0.05, 0) is 18.9 Å². The summed E-state index contributed by atoms with van der Waals surface area (Å²) in [6, 6.07) is 3.67. The number of hydrogen-bond acceptors (Lipinski definition) is 4. The van der Waals surface area contributed by atoms with Gasteiger partial charge < -0.3 is 10.4 Å². The zero-order chi connectivity index (χ0) is 14.4. The van der Waals surface area contributed by atoms with Crippen molar-refractivity contribution in [2.45, 2.75) is 25.9 Å². The number of carbonyl (C=O) groups excluding carboxylic acids is 1. The third-order valence-corrected chi connectivity index (χ3v) is 2.96. The number of rotatable bonds is 6. The Morgan fingerprint density at radius 2 is 2.26 bits per heavy atom. The van der Waals surface area contributed by atoms with Gasteiger partial charge in [-0.15, -0.1) is 0 Å². The van der Waals surface area contributed by atoms with Crippen LogP contribution in [-0.4, -0.2) is 28.6 Å². The number of amides is 1. The van der Waals surface area contributed by atoms with Crippen LogP contribution in [0.25, 0.3) is 0 Å². The number of nitrogens with one attached hydrogen (secondary N) is 1. The van der Waals surface area contributed by atoms with Crippen molar-refractivity contribution >= 4 is 23.2 Å². The van der Waals surface area contributed by atoms with Gasteiger partial charge in [0.2, 0.25) is 0 Å². The maximum absolute atomic E-state index is 11.8. The molecule has 0 saturated carbocycles. The molecule has 6 nitrogen and oxygen atoms in total. The van der Waals surface area contributed by atoms with Crippen LogP contribution in [0, 0.1) is 10.1 Å². The predicted octanol–water partition coefficient (Wildman–Crippen LogP) is 2.14. The van der Waals surface area contributed by atoms with E-state index in [9.17, 15) is 20.0 Å². The van der Waals surface area contributed by atoms with E-state index in [0.29, 0.717) is 19.4 Å². The molecule has 1 amide bonds. The molecule has 0 spiro atoms. The number of benzene rings is 1. The number of nitro groups is 1. The van der Waals surface area contributed by atoms with Crippen LogP contribution >= 0.6 is 11.6 Å². The number of hydrogen-bond donors (Lipinski definition) is 2. The van der Waals surface area contributed by atoms with Crippen LogP contribution in [0.5, 0.6) is 0 Å². The highest BCUT2D eigenvalue weighted by molar-refractivity contribution is 6.34. The van der Waals surface area contributed by atoms with Crippen molar-refractivity contribution in [3.63, 3.8) is 0 Å². The van der Waals surface area contributed by atoms with Crippen LogP contribution in [0.4, 0.5) is 5.69 Å². The SMILES string of the molecule is CCC(O)CCNC(=O)c1ccc([N+](=O)[O-])cc1Cl. The number of aliphatic hydroxyl groups is 1. The summed E-state index contributed by atoms with van der Waals surface area (Å²) < 4.78 is 0. The maximum atomic E-state index is 11.8. The summed E-state index contributed by atoms with van der Waals surface area (Å²) in [6.07, 6.45) is 0.619. The fraction of sp³-hybridized carbons (Fsp3) is 0.417. The number of non-ortho nitro benzene ring substituents is 1. The molecule has 0 aromatic heterocycles. The van der Waals surface area contributed by atoms with Crippen molar-refractivity contribution in [3.8, 4) is 0 Å². The Morgan fingerprint density at radius 1 is 1.58 bits per heavy atom. The molecular weight excluding hydrogens is 272 g/mol. The third-order valence-electron chi connectivity index (χ3n) is 2.64. The first-order valence-electron chi connectivity index (χ1n) is 5.86. The van der Waals surface area contributed by atoms with Gasteiger partial charge >= 0.3 is 0 Å². The summed E-state index contributed by atoms with van der Waals surface area (Å²) in [5.74, 6) is -0.414. The first kappa shape index (κ1) is 15.4. The van der Waals surface area contributed by atoms with E-state index in [4.69, 9.17) is 11.6 Å². The van der Waals surface area contributed by atoms with E-state index in [-0.39, 0.29) is 16.3 Å². The van der Waals surface area contributed by atoms with Gasteiger partial charge in [0.1, 0.15) is 0 Å². The van der Waals surface area contributed by atoms with Crippen LogP contribution < -0.4 is 5.32 Å². The van der Waals surface area contributed by atoms with Crippen molar-refractivity contribution in [2.75, 3.05) is 6.54 Å². The first-order chi connectivity index (χ1) is 8.95. The Kier molecular flexibility index (Phi) is 5.72. The number of halogens is 1. The Labute approximate surface area is 115 Å². The third kappa shape index (κ3) is 4.50. The van der Waals surface area contributed by atoms with E-state index in [2.05, 4.69) is 5.32 Å². The maximum Gasteiger partial charge on any atom is 0.270 e. The highest BCUT2D eigenvalue weighted by Gasteiger charge is 2.14. The molecule has 1 aromatic carbocycles. The predicted molar refractivity (Wildman–Crippen MR) is 71.4 cm³/mol. The highest BCUT2D eigenvalue weighted by atomic mass is 35.5. The van der Waals surface area contributed by atoms with Crippen LogP contribution in [0.2, 0.25) is 5.02 Å². The molecule has 0 radical (unpaired) electrons. The Balaban J connectivity index is 2.65. The molecule has 0 heterocycles. The van der Waals surface area contributed by atoms with Crippen molar-refractivity contribution in [1.29, 1.82) is 0 Å². The largest absolute Gasteiger partial charge is 0.393 e. The highest BCUT2D eigenvalue weighted by Crippen LogP contribution is 2.22. The number of carbonyl (C=O) groups is 1. The van der Waals surface area contributed by atoms with E-state index < -0.39 is 16.9 Å². The summed E-state index contributed by atoms with van der Waals surface area (Å²) >= 11 is 5.82. The average Bonchev–Trinajstić information content (AvgIpc) is 2.37. The van der Waals surface area contributed by atoms with Crippen LogP contribution in [0.15, 0.2) is 18.2 Å². The van der Waals surface area contributed by atoms with Crippen LogP contribution in [0.1, 0.15) is 30.1 Å². The Morgan fingerprint density at radius 3 is 2.79 bits per heavy atom. The van der Waals surface area contributed by atoms with Crippen molar-refractivity contribution in [2.24, 2.45) is 0 Å². The first-order valence-corrected chi connectivity index (χ1v) is 6.23. The van der Waals surface area contributed by atoms with Gasteiger partial charge in [0, 0.05) is 18.7 Å². The van der Waals surface area contributed by atoms with Gasteiger partial charge in [-0.3, -0.25) is 14.9 Å². The lowest BCUT2D eigenvalue weighted by molar-refractivity contribution is -0.384. The van der Waals surface area contributed by atoms with Crippen molar-refractivity contribution in [1.82, 2.24) is 5.32 Å². The zero-order valence-corrected chi connectivity index (χ0v) is 11.2. The van der Waals surface area contributed by atoms with Gasteiger partial charge in [-0.25, -0.2) is 0 Å².